The number of cyclic esters (lactones) is 1. The molecule has 0 bridgehead atoms. The first-order valence-electron chi connectivity index (χ1n) is 15.6. The van der Waals surface area contributed by atoms with Crippen LogP contribution in [-0.2, 0) is 49.2 Å². The van der Waals surface area contributed by atoms with Crippen molar-refractivity contribution >= 4 is 34.6 Å². The van der Waals surface area contributed by atoms with E-state index in [4.69, 9.17) is 23.9 Å². The van der Waals surface area contributed by atoms with Gasteiger partial charge in [0.15, 0.2) is 5.60 Å². The minimum absolute atomic E-state index is 0. The monoisotopic (exact) mass is 727 g/mol. The number of carbonyl (C=O) groups excluding carboxylic acids is 3. The quantitative estimate of drug-likeness (QED) is 0.0819. The van der Waals surface area contributed by atoms with Crippen molar-refractivity contribution in [3.8, 4) is 17.1 Å². The van der Waals surface area contributed by atoms with Gasteiger partial charge < -0.3 is 53.8 Å². The molecule has 4 aromatic rings. The summed E-state index contributed by atoms with van der Waals surface area (Å²) in [5, 5.41) is 55.5. The number of anilines is 1. The van der Waals surface area contributed by atoms with Crippen molar-refractivity contribution in [3.05, 3.63) is 87.2 Å². The number of aliphatic hydroxyl groups excluding tert-OH is 3. The Morgan fingerprint density at radius 3 is 2.53 bits per heavy atom. The predicted octanol–water partition coefficient (Wildman–Crippen LogP) is -3.23. The number of hydrogen-bond acceptors (Lipinski definition) is 14. The van der Waals surface area contributed by atoms with Crippen molar-refractivity contribution in [2.24, 2.45) is 0 Å². The number of benzene rings is 2. The van der Waals surface area contributed by atoms with E-state index in [1.165, 1.54) is 16.7 Å². The fourth-order valence-corrected chi connectivity index (χ4v) is 6.34. The van der Waals surface area contributed by atoms with Gasteiger partial charge in [0.1, 0.15) is 43.4 Å². The Bertz CT molecular complexity index is 2110. The van der Waals surface area contributed by atoms with Gasteiger partial charge in [0.2, 0.25) is 6.29 Å². The van der Waals surface area contributed by atoms with E-state index in [1.807, 2.05) is 6.07 Å². The van der Waals surface area contributed by atoms with E-state index >= 15 is 0 Å². The number of aliphatic carboxylic acids is 1. The summed E-state index contributed by atoms with van der Waals surface area (Å²) < 4.78 is 22.6. The van der Waals surface area contributed by atoms with Crippen molar-refractivity contribution in [2.75, 3.05) is 5.32 Å². The molecule has 3 aliphatic heterocycles. The number of ether oxygens (including phenoxy) is 4. The number of esters is 1. The molecule has 17 heteroatoms. The molecule has 0 saturated carbocycles. The number of aromatic nitrogens is 2. The summed E-state index contributed by atoms with van der Waals surface area (Å²) >= 11 is 0. The second kappa shape index (κ2) is 14.3. The molecule has 3 aliphatic rings. The van der Waals surface area contributed by atoms with E-state index < -0.39 is 54.3 Å². The molecule has 0 unspecified atom stereocenters. The van der Waals surface area contributed by atoms with Gasteiger partial charge in [0, 0.05) is 16.5 Å². The Labute approximate surface area is 331 Å². The normalized spacial score (nSPS) is 24.7. The maximum absolute atomic E-state index is 13.5. The number of rotatable bonds is 7. The van der Waals surface area contributed by atoms with Crippen molar-refractivity contribution < 1.29 is 110 Å². The maximum Gasteiger partial charge on any atom is 1.00 e. The zero-order chi connectivity index (χ0) is 35.5. The Morgan fingerprint density at radius 2 is 1.82 bits per heavy atom. The van der Waals surface area contributed by atoms with E-state index in [-0.39, 0.29) is 100.0 Å². The molecule has 6 atom stereocenters. The van der Waals surface area contributed by atoms with Crippen LogP contribution in [0.2, 0.25) is 0 Å². The third-order valence-corrected chi connectivity index (χ3v) is 9.14. The van der Waals surface area contributed by atoms with Crippen LogP contribution in [0.5, 0.6) is 5.75 Å². The molecule has 1 fully saturated rings. The van der Waals surface area contributed by atoms with Crippen LogP contribution in [0.1, 0.15) is 35.6 Å². The summed E-state index contributed by atoms with van der Waals surface area (Å²) in [4.78, 5) is 54.7. The number of aliphatic hydroxyl groups is 4. The fourth-order valence-electron chi connectivity index (χ4n) is 6.34. The summed E-state index contributed by atoms with van der Waals surface area (Å²) in [5.74, 6) is -2.46. The van der Waals surface area contributed by atoms with Crippen molar-refractivity contribution in [1.29, 1.82) is 0 Å². The number of carbonyl (C=O) groups is 3. The van der Waals surface area contributed by atoms with Crippen LogP contribution in [0.25, 0.3) is 22.3 Å². The first-order chi connectivity index (χ1) is 23.9. The van der Waals surface area contributed by atoms with Gasteiger partial charge in [-0.1, -0.05) is 25.1 Å². The fraction of sp³-hybridized carbons (Fsp3) is 0.324. The van der Waals surface area contributed by atoms with E-state index in [0.717, 1.165) is 0 Å². The van der Waals surface area contributed by atoms with E-state index in [9.17, 15) is 44.7 Å². The molecule has 5 heterocycles. The number of amides is 1. The zero-order valence-corrected chi connectivity index (χ0v) is 30.4. The molecule has 5 N–H and O–H groups in total. The van der Waals surface area contributed by atoms with Crippen LogP contribution >= 0.6 is 0 Å². The first-order valence-corrected chi connectivity index (χ1v) is 15.6. The summed E-state index contributed by atoms with van der Waals surface area (Å²) in [5.41, 5.74) is 1.24. The minimum Gasteiger partial charge on any atom is -0.547 e. The smallest absolute Gasteiger partial charge is 0.547 e. The standard InChI is InChI=1S/C34H31N3O13.K/c1-2-34(46)20-11-23-24-16(12-37(23)29(41)19(20)14-47-32(34)44)10-18-21(35-24)4-3-5-22(18)36-33(45)48-13-15-6-8-17(9-7-15)49-31-27(40)25(38)26(39)28(50-31)30(42)43;/h3-11,25-28,31,38-40,46H,2,12-14H2,1H3,(H,36,45)(H,42,43);/q;+1/p-1/t25-,26-,27+,28-,31+,34-;/m0./s1. The van der Waals surface area contributed by atoms with Crippen LogP contribution in [0, 0.1) is 0 Å². The molecule has 2 aromatic carbocycles. The molecular formula is C34H30KN3O13. The summed E-state index contributed by atoms with van der Waals surface area (Å²) in [7, 11) is 0. The van der Waals surface area contributed by atoms with Gasteiger partial charge in [-0.25, -0.2) is 14.6 Å². The molecule has 0 radical (unpaired) electrons. The minimum atomic E-state index is -1.94. The number of hydrogen-bond donors (Lipinski definition) is 5. The van der Waals surface area contributed by atoms with Crippen molar-refractivity contribution in [2.45, 2.75) is 69.4 Å². The summed E-state index contributed by atoms with van der Waals surface area (Å²) in [6.45, 7) is 1.43. The molecule has 260 valence electrons. The molecule has 51 heavy (non-hydrogen) atoms. The van der Waals surface area contributed by atoms with Gasteiger partial charge in [-0.3, -0.25) is 10.1 Å². The summed E-state index contributed by atoms with van der Waals surface area (Å²) in [6, 6.07) is 14.5. The van der Waals surface area contributed by atoms with Crippen LogP contribution in [0.15, 0.2) is 59.4 Å². The Kier molecular flexibility index (Phi) is 10.4. The van der Waals surface area contributed by atoms with Gasteiger partial charge in [-0.15, -0.1) is 0 Å². The average molecular weight is 728 g/mol. The van der Waals surface area contributed by atoms with Gasteiger partial charge >= 0.3 is 63.4 Å². The van der Waals surface area contributed by atoms with Gasteiger partial charge in [0.25, 0.3) is 5.56 Å². The Morgan fingerprint density at radius 1 is 1.08 bits per heavy atom. The van der Waals surface area contributed by atoms with E-state index in [0.29, 0.717) is 39.1 Å². The van der Waals surface area contributed by atoms with Crippen molar-refractivity contribution in [1.82, 2.24) is 9.55 Å². The Hall–Kier alpha value is -3.75. The van der Waals surface area contributed by atoms with Crippen LogP contribution in [0.4, 0.5) is 10.5 Å². The second-order valence-electron chi connectivity index (χ2n) is 12.2. The van der Waals surface area contributed by atoms with E-state index in [2.05, 4.69) is 5.32 Å². The van der Waals surface area contributed by atoms with Gasteiger partial charge in [-0.2, -0.15) is 0 Å². The summed E-state index contributed by atoms with van der Waals surface area (Å²) in [6.07, 6.45) is -9.77. The topological polar surface area (TPSA) is 239 Å². The molecule has 0 aliphatic carbocycles. The van der Waals surface area contributed by atoms with Crippen molar-refractivity contribution in [3.63, 3.8) is 0 Å². The third-order valence-electron chi connectivity index (χ3n) is 9.14. The number of pyridine rings is 2. The van der Waals surface area contributed by atoms with Gasteiger partial charge in [-0.05, 0) is 48.4 Å². The predicted molar refractivity (Wildman–Crippen MR) is 167 cm³/mol. The molecular weight excluding hydrogens is 697 g/mol. The van der Waals surface area contributed by atoms with Crippen LogP contribution in [-0.4, -0.2) is 78.7 Å². The molecule has 7 rings (SSSR count). The molecule has 0 spiro atoms. The number of fused-ring (bicyclic) bond motifs is 5. The average Bonchev–Trinajstić information content (AvgIpc) is 3.47. The molecule has 2 aromatic heterocycles. The van der Waals surface area contributed by atoms with Crippen LogP contribution < -0.4 is 72.1 Å². The molecule has 16 nitrogen and oxygen atoms in total. The number of carboxylic acids is 1. The Balaban J connectivity index is 0.00000448. The largest absolute Gasteiger partial charge is 1.00 e. The number of carboxylic acid groups (broad SMARTS) is 1. The third kappa shape index (κ3) is 6.59. The number of nitrogens with zero attached hydrogens (tertiary/aromatic N) is 2. The number of nitrogens with one attached hydrogen (secondary N) is 1. The first kappa shape index (κ1) is 37.0. The molecule has 1 saturated heterocycles. The zero-order valence-electron chi connectivity index (χ0n) is 27.3. The molecule has 1 amide bonds. The maximum atomic E-state index is 13.5. The van der Waals surface area contributed by atoms with E-state index in [1.54, 1.807) is 43.3 Å². The van der Waals surface area contributed by atoms with Crippen LogP contribution in [0.3, 0.4) is 0 Å². The van der Waals surface area contributed by atoms with Gasteiger partial charge in [0.05, 0.1) is 40.7 Å². The second-order valence-corrected chi connectivity index (χ2v) is 12.2. The SMILES string of the molecule is CC[C@@]1(O)C(=O)OCc2c1cc1n(c2=O)Cc2cc3c(NC(=O)OCc4ccc(O[C@@H]5O[C@H](C(=O)[O-])[C@@H](O)[C@H](O)[C@H]5O)cc4)cccc3nc2-1.[K+].